The molecule has 0 radical (unpaired) electrons. The van der Waals surface area contributed by atoms with Gasteiger partial charge in [0.15, 0.2) is 0 Å². The number of thioether (sulfide) groups is 1. The lowest BCUT2D eigenvalue weighted by Gasteiger charge is -2.10. The Hall–Kier alpha value is -1.17. The Morgan fingerprint density at radius 2 is 1.69 bits per heavy atom. The number of halogens is 3. The van der Waals surface area contributed by atoms with E-state index in [1.807, 2.05) is 0 Å². The summed E-state index contributed by atoms with van der Waals surface area (Å²) < 4.78 is 36.7. The van der Waals surface area contributed by atoms with E-state index in [0.29, 0.717) is 4.90 Å². The number of carbonyl (C=O) groups is 1. The minimum atomic E-state index is -4.34. The van der Waals surface area contributed by atoms with Crippen LogP contribution in [0, 0.1) is 0 Å². The van der Waals surface area contributed by atoms with E-state index in [0.717, 1.165) is 23.9 Å². The van der Waals surface area contributed by atoms with Gasteiger partial charge >= 0.3 is 6.18 Å². The van der Waals surface area contributed by atoms with E-state index in [2.05, 4.69) is 0 Å². The zero-order chi connectivity index (χ0) is 12.3. The highest BCUT2D eigenvalue weighted by Crippen LogP contribution is 2.31. The topological polar surface area (TPSA) is 20.3 Å². The molecule has 0 aliphatic rings. The van der Waals surface area contributed by atoms with Gasteiger partial charge in [0.1, 0.15) is 0 Å². The van der Waals surface area contributed by atoms with Gasteiger partial charge < -0.3 is 4.90 Å². The Morgan fingerprint density at radius 3 is 2.06 bits per heavy atom. The third-order valence-corrected chi connectivity index (χ3v) is 2.80. The number of benzene rings is 1. The highest BCUT2D eigenvalue weighted by Gasteiger charge is 2.30. The Morgan fingerprint density at radius 1 is 1.19 bits per heavy atom. The van der Waals surface area contributed by atoms with Crippen LogP contribution >= 0.6 is 11.8 Å². The van der Waals surface area contributed by atoms with Crippen molar-refractivity contribution in [1.29, 1.82) is 0 Å². The molecule has 1 rings (SSSR count). The van der Waals surface area contributed by atoms with Gasteiger partial charge in [-0.25, -0.2) is 0 Å². The summed E-state index contributed by atoms with van der Waals surface area (Å²) >= 11 is 0.891. The molecule has 0 aromatic heterocycles. The van der Waals surface area contributed by atoms with Crippen molar-refractivity contribution in [2.75, 3.05) is 14.1 Å². The van der Waals surface area contributed by atoms with Crippen LogP contribution in [0.5, 0.6) is 0 Å². The minimum absolute atomic E-state index is 0.222. The van der Waals surface area contributed by atoms with E-state index >= 15 is 0 Å². The van der Waals surface area contributed by atoms with Crippen LogP contribution in [-0.2, 0) is 6.18 Å². The van der Waals surface area contributed by atoms with Gasteiger partial charge in [-0.3, -0.25) is 4.79 Å². The maximum Gasteiger partial charge on any atom is 0.416 e. The SMILES string of the molecule is CN(C)C(=O)Sc1ccc(C(F)(F)F)cc1. The molecule has 0 heterocycles. The van der Waals surface area contributed by atoms with E-state index in [-0.39, 0.29) is 5.24 Å². The Balaban J connectivity index is 2.76. The lowest BCUT2D eigenvalue weighted by Crippen LogP contribution is -2.16. The molecule has 1 aromatic rings. The number of amides is 1. The summed E-state index contributed by atoms with van der Waals surface area (Å²) in [6.45, 7) is 0. The van der Waals surface area contributed by atoms with Gasteiger partial charge in [-0.05, 0) is 36.0 Å². The monoisotopic (exact) mass is 249 g/mol. The van der Waals surface area contributed by atoms with Crippen molar-refractivity contribution in [1.82, 2.24) is 4.90 Å². The van der Waals surface area contributed by atoms with Crippen molar-refractivity contribution >= 4 is 17.0 Å². The molecular formula is C10H10F3NOS. The van der Waals surface area contributed by atoms with Gasteiger partial charge in [0.25, 0.3) is 5.24 Å². The van der Waals surface area contributed by atoms with Crippen LogP contribution in [-0.4, -0.2) is 24.2 Å². The Kier molecular flexibility index (Phi) is 3.85. The summed E-state index contributed by atoms with van der Waals surface area (Å²) in [4.78, 5) is 13.1. The summed E-state index contributed by atoms with van der Waals surface area (Å²) in [5.74, 6) is 0. The summed E-state index contributed by atoms with van der Waals surface area (Å²) in [5, 5.41) is -0.222. The van der Waals surface area contributed by atoms with Crippen LogP contribution in [0.1, 0.15) is 5.56 Å². The second-order valence-electron chi connectivity index (χ2n) is 3.28. The summed E-state index contributed by atoms with van der Waals surface area (Å²) in [6, 6.07) is 4.50. The largest absolute Gasteiger partial charge is 0.416 e. The van der Waals surface area contributed by atoms with E-state index in [4.69, 9.17) is 0 Å². The third kappa shape index (κ3) is 3.44. The molecule has 0 unspecified atom stereocenters. The Bertz CT molecular complexity index is 373. The van der Waals surface area contributed by atoms with E-state index in [1.54, 1.807) is 14.1 Å². The fraction of sp³-hybridized carbons (Fsp3) is 0.300. The van der Waals surface area contributed by atoms with E-state index < -0.39 is 11.7 Å². The quantitative estimate of drug-likeness (QED) is 0.710. The molecule has 2 nitrogen and oxygen atoms in total. The molecule has 16 heavy (non-hydrogen) atoms. The maximum atomic E-state index is 12.2. The summed E-state index contributed by atoms with van der Waals surface area (Å²) in [5.41, 5.74) is -0.714. The lowest BCUT2D eigenvalue weighted by atomic mass is 10.2. The van der Waals surface area contributed by atoms with Crippen LogP contribution in [0.15, 0.2) is 29.2 Å². The number of alkyl halides is 3. The molecule has 0 fully saturated rings. The highest BCUT2D eigenvalue weighted by atomic mass is 32.2. The van der Waals surface area contributed by atoms with E-state index in [9.17, 15) is 18.0 Å². The zero-order valence-electron chi connectivity index (χ0n) is 8.71. The molecule has 0 saturated heterocycles. The van der Waals surface area contributed by atoms with Crippen LogP contribution in [0.3, 0.4) is 0 Å². The first-order valence-corrected chi connectivity index (χ1v) is 5.19. The molecule has 0 N–H and O–H groups in total. The predicted octanol–water partition coefficient (Wildman–Crippen LogP) is 3.48. The predicted molar refractivity (Wildman–Crippen MR) is 56.4 cm³/mol. The third-order valence-electron chi connectivity index (χ3n) is 1.75. The van der Waals surface area contributed by atoms with Crippen LogP contribution < -0.4 is 0 Å². The molecule has 0 atom stereocenters. The van der Waals surface area contributed by atoms with E-state index in [1.165, 1.54) is 17.0 Å². The Labute approximate surface area is 95.4 Å². The van der Waals surface area contributed by atoms with Crippen molar-refractivity contribution in [3.8, 4) is 0 Å². The smallest absolute Gasteiger partial charge is 0.339 e. The second-order valence-corrected chi connectivity index (χ2v) is 4.31. The van der Waals surface area contributed by atoms with Gasteiger partial charge in [-0.2, -0.15) is 13.2 Å². The zero-order valence-corrected chi connectivity index (χ0v) is 9.52. The molecular weight excluding hydrogens is 239 g/mol. The van der Waals surface area contributed by atoms with Gasteiger partial charge in [0.05, 0.1) is 5.56 Å². The number of rotatable bonds is 1. The molecule has 0 bridgehead atoms. The van der Waals surface area contributed by atoms with Crippen LogP contribution in [0.4, 0.5) is 18.0 Å². The average molecular weight is 249 g/mol. The molecule has 0 aliphatic carbocycles. The normalized spacial score (nSPS) is 11.3. The van der Waals surface area contributed by atoms with Gasteiger partial charge in [0, 0.05) is 19.0 Å². The van der Waals surface area contributed by atoms with Gasteiger partial charge in [-0.1, -0.05) is 0 Å². The van der Waals surface area contributed by atoms with Gasteiger partial charge in [0.2, 0.25) is 0 Å². The molecule has 1 amide bonds. The van der Waals surface area contributed by atoms with Crippen molar-refractivity contribution in [2.24, 2.45) is 0 Å². The molecule has 6 heteroatoms. The number of carbonyl (C=O) groups excluding carboxylic acids is 1. The highest BCUT2D eigenvalue weighted by molar-refractivity contribution is 8.13. The van der Waals surface area contributed by atoms with Crippen molar-refractivity contribution in [2.45, 2.75) is 11.1 Å². The van der Waals surface area contributed by atoms with Gasteiger partial charge in [-0.15, -0.1) is 0 Å². The minimum Gasteiger partial charge on any atom is -0.339 e. The number of hydrogen-bond acceptors (Lipinski definition) is 2. The molecule has 88 valence electrons. The first-order chi connectivity index (χ1) is 7.30. The summed E-state index contributed by atoms with van der Waals surface area (Å²) in [6.07, 6.45) is -4.34. The lowest BCUT2D eigenvalue weighted by molar-refractivity contribution is -0.137. The van der Waals surface area contributed by atoms with Crippen LogP contribution in [0.2, 0.25) is 0 Å². The fourth-order valence-corrected chi connectivity index (χ4v) is 1.56. The molecule has 0 aliphatic heterocycles. The van der Waals surface area contributed by atoms with Crippen LogP contribution in [0.25, 0.3) is 0 Å². The first-order valence-electron chi connectivity index (χ1n) is 4.37. The number of hydrogen-bond donors (Lipinski definition) is 0. The fourth-order valence-electron chi connectivity index (χ4n) is 0.904. The second kappa shape index (κ2) is 4.78. The molecule has 1 aromatic carbocycles. The standard InChI is InChI=1S/C10H10F3NOS/c1-14(2)9(15)16-8-5-3-7(4-6-8)10(11,12)13/h3-6H,1-2H3. The molecule has 0 saturated carbocycles. The number of nitrogens with zero attached hydrogens (tertiary/aromatic N) is 1. The average Bonchev–Trinajstić information content (AvgIpc) is 2.17. The molecule has 0 spiro atoms. The summed E-state index contributed by atoms with van der Waals surface area (Å²) in [7, 11) is 3.17. The van der Waals surface area contributed by atoms with Crippen molar-refractivity contribution in [3.05, 3.63) is 29.8 Å². The van der Waals surface area contributed by atoms with Crippen molar-refractivity contribution < 1.29 is 18.0 Å². The maximum absolute atomic E-state index is 12.2. The first kappa shape index (κ1) is 12.9. The van der Waals surface area contributed by atoms with Crippen molar-refractivity contribution in [3.63, 3.8) is 0 Å².